The molecule has 0 aliphatic heterocycles. The topological polar surface area (TPSA) is 29.5 Å². The predicted octanol–water partition coefficient (Wildman–Crippen LogP) is 4.25. The van der Waals surface area contributed by atoms with E-state index in [4.69, 9.17) is 4.74 Å². The van der Waals surface area contributed by atoms with Gasteiger partial charge < -0.3 is 4.74 Å². The molecular weight excluding hydrogens is 330 g/mol. The Morgan fingerprint density at radius 2 is 2.10 bits per heavy atom. The summed E-state index contributed by atoms with van der Waals surface area (Å²) in [7, 11) is 3.61. The van der Waals surface area contributed by atoms with Crippen molar-refractivity contribution in [3.05, 3.63) is 33.8 Å². The smallest absolute Gasteiger partial charge is 0.337 e. The Kier molecular flexibility index (Phi) is 5.82. The zero-order chi connectivity index (χ0) is 15.4. The van der Waals surface area contributed by atoms with E-state index in [2.05, 4.69) is 34.8 Å². The molecule has 2 unspecified atom stereocenters. The van der Waals surface area contributed by atoms with Crippen molar-refractivity contribution in [1.29, 1.82) is 0 Å². The highest BCUT2D eigenvalue weighted by molar-refractivity contribution is 9.10. The van der Waals surface area contributed by atoms with Crippen LogP contribution in [0.1, 0.15) is 48.5 Å². The van der Waals surface area contributed by atoms with Crippen molar-refractivity contribution in [1.82, 2.24) is 4.90 Å². The van der Waals surface area contributed by atoms with Crippen LogP contribution in [0.25, 0.3) is 0 Å². The van der Waals surface area contributed by atoms with Crippen LogP contribution in [0.3, 0.4) is 0 Å². The summed E-state index contributed by atoms with van der Waals surface area (Å²) in [5.74, 6) is 0.466. The monoisotopic (exact) mass is 353 g/mol. The average molecular weight is 354 g/mol. The van der Waals surface area contributed by atoms with Gasteiger partial charge in [0, 0.05) is 17.1 Å². The first kappa shape index (κ1) is 16.5. The van der Waals surface area contributed by atoms with E-state index in [0.717, 1.165) is 16.9 Å². The molecule has 0 N–H and O–H groups in total. The summed E-state index contributed by atoms with van der Waals surface area (Å²) < 4.78 is 5.72. The summed E-state index contributed by atoms with van der Waals surface area (Å²) in [6.07, 6.45) is 5.32. The van der Waals surface area contributed by atoms with Crippen LogP contribution < -0.4 is 0 Å². The van der Waals surface area contributed by atoms with Crippen LogP contribution >= 0.6 is 15.9 Å². The molecule has 1 aliphatic rings. The fourth-order valence-electron chi connectivity index (χ4n) is 3.26. The lowest BCUT2D eigenvalue weighted by Crippen LogP contribution is -2.38. The normalized spacial score (nSPS) is 22.3. The molecule has 0 spiro atoms. The molecular formula is C17H24BrNO2. The molecule has 116 valence electrons. The predicted molar refractivity (Wildman–Crippen MR) is 88.4 cm³/mol. The largest absolute Gasteiger partial charge is 0.465 e. The highest BCUT2D eigenvalue weighted by Crippen LogP contribution is 2.29. The van der Waals surface area contributed by atoms with Gasteiger partial charge in [-0.25, -0.2) is 4.79 Å². The first-order valence-corrected chi connectivity index (χ1v) is 8.39. The standard InChI is InChI=1S/C17H24BrNO2/c1-12-6-4-5-7-16(12)19(2)11-14-9-8-13(10-15(14)18)17(20)21-3/h8-10,12,16H,4-7,11H2,1-3H3. The molecule has 2 atom stereocenters. The molecule has 3 nitrogen and oxygen atoms in total. The summed E-state index contributed by atoms with van der Waals surface area (Å²) in [6, 6.07) is 6.36. The summed E-state index contributed by atoms with van der Waals surface area (Å²) in [6.45, 7) is 3.26. The second kappa shape index (κ2) is 7.41. The van der Waals surface area contributed by atoms with E-state index in [-0.39, 0.29) is 5.97 Å². The van der Waals surface area contributed by atoms with Gasteiger partial charge in [-0.2, -0.15) is 0 Å². The van der Waals surface area contributed by atoms with E-state index in [1.54, 1.807) is 0 Å². The summed E-state index contributed by atoms with van der Waals surface area (Å²) >= 11 is 3.58. The number of carbonyl (C=O) groups is 1. The molecule has 1 fully saturated rings. The molecule has 0 bridgehead atoms. The van der Waals surface area contributed by atoms with Gasteiger partial charge in [0.05, 0.1) is 12.7 Å². The fourth-order valence-corrected chi connectivity index (χ4v) is 3.76. The number of ether oxygens (including phenoxy) is 1. The van der Waals surface area contributed by atoms with Crippen molar-refractivity contribution in [3.63, 3.8) is 0 Å². The molecule has 0 saturated heterocycles. The number of methoxy groups -OCH3 is 1. The lowest BCUT2D eigenvalue weighted by atomic mass is 9.85. The average Bonchev–Trinajstić information content (AvgIpc) is 2.48. The highest BCUT2D eigenvalue weighted by Gasteiger charge is 2.25. The summed E-state index contributed by atoms with van der Waals surface area (Å²) in [5.41, 5.74) is 1.80. The number of hydrogen-bond acceptors (Lipinski definition) is 3. The van der Waals surface area contributed by atoms with Crippen molar-refractivity contribution in [3.8, 4) is 0 Å². The second-order valence-electron chi connectivity index (χ2n) is 6.04. The molecule has 0 heterocycles. The fraction of sp³-hybridized carbons (Fsp3) is 0.588. The van der Waals surface area contributed by atoms with Gasteiger partial charge >= 0.3 is 5.97 Å². The quantitative estimate of drug-likeness (QED) is 0.758. The van der Waals surface area contributed by atoms with Crippen LogP contribution in [-0.2, 0) is 11.3 Å². The van der Waals surface area contributed by atoms with Crippen LogP contribution in [0, 0.1) is 5.92 Å². The Hall–Kier alpha value is -0.870. The molecule has 1 aromatic rings. The molecule has 2 rings (SSSR count). The number of benzene rings is 1. The zero-order valence-electron chi connectivity index (χ0n) is 13.1. The third-order valence-electron chi connectivity index (χ3n) is 4.53. The number of carbonyl (C=O) groups excluding carboxylic acids is 1. The Morgan fingerprint density at radius 1 is 1.38 bits per heavy atom. The highest BCUT2D eigenvalue weighted by atomic mass is 79.9. The van der Waals surface area contributed by atoms with Crippen molar-refractivity contribution in [2.75, 3.05) is 14.2 Å². The number of esters is 1. The first-order valence-electron chi connectivity index (χ1n) is 7.60. The molecule has 1 aliphatic carbocycles. The number of halogens is 1. The molecule has 0 aromatic heterocycles. The summed E-state index contributed by atoms with van der Waals surface area (Å²) in [5, 5.41) is 0. The van der Waals surface area contributed by atoms with Gasteiger partial charge in [0.2, 0.25) is 0 Å². The molecule has 0 amide bonds. The number of rotatable bonds is 4. The maximum absolute atomic E-state index is 11.5. The van der Waals surface area contributed by atoms with E-state index < -0.39 is 0 Å². The van der Waals surface area contributed by atoms with Gasteiger partial charge in [-0.1, -0.05) is 41.8 Å². The minimum absolute atomic E-state index is 0.295. The van der Waals surface area contributed by atoms with Gasteiger partial charge in [0.1, 0.15) is 0 Å². The van der Waals surface area contributed by atoms with Crippen molar-refractivity contribution >= 4 is 21.9 Å². The second-order valence-corrected chi connectivity index (χ2v) is 6.90. The third-order valence-corrected chi connectivity index (χ3v) is 5.26. The molecule has 1 aromatic carbocycles. The van der Waals surface area contributed by atoms with Crippen LogP contribution in [-0.4, -0.2) is 31.1 Å². The van der Waals surface area contributed by atoms with E-state index in [0.29, 0.717) is 11.6 Å². The zero-order valence-corrected chi connectivity index (χ0v) is 14.6. The molecule has 21 heavy (non-hydrogen) atoms. The van der Waals surface area contributed by atoms with Gasteiger partial charge in [-0.3, -0.25) is 4.90 Å². The van der Waals surface area contributed by atoms with Gasteiger partial charge in [-0.15, -0.1) is 0 Å². The van der Waals surface area contributed by atoms with E-state index in [1.165, 1.54) is 38.4 Å². The van der Waals surface area contributed by atoms with Crippen LogP contribution in [0.15, 0.2) is 22.7 Å². The Balaban J connectivity index is 2.06. The Bertz CT molecular complexity index is 504. The third kappa shape index (κ3) is 4.07. The Morgan fingerprint density at radius 3 is 2.71 bits per heavy atom. The van der Waals surface area contributed by atoms with E-state index >= 15 is 0 Å². The minimum atomic E-state index is -0.295. The number of nitrogens with zero attached hydrogens (tertiary/aromatic N) is 1. The minimum Gasteiger partial charge on any atom is -0.465 e. The molecule has 1 saturated carbocycles. The van der Waals surface area contributed by atoms with Crippen molar-refractivity contribution in [2.24, 2.45) is 5.92 Å². The number of hydrogen-bond donors (Lipinski definition) is 0. The molecule has 4 heteroatoms. The van der Waals surface area contributed by atoms with Gasteiger partial charge in [0.15, 0.2) is 0 Å². The summed E-state index contributed by atoms with van der Waals surface area (Å²) in [4.78, 5) is 14.0. The van der Waals surface area contributed by atoms with Crippen molar-refractivity contribution < 1.29 is 9.53 Å². The molecule has 0 radical (unpaired) electrons. The SMILES string of the molecule is COC(=O)c1ccc(CN(C)C2CCCCC2C)c(Br)c1. The van der Waals surface area contributed by atoms with Crippen LogP contribution in [0.4, 0.5) is 0 Å². The van der Waals surface area contributed by atoms with Crippen LogP contribution in [0.2, 0.25) is 0 Å². The Labute approximate surface area is 135 Å². The van der Waals surface area contributed by atoms with Gasteiger partial charge in [0.25, 0.3) is 0 Å². The maximum atomic E-state index is 11.5. The lowest BCUT2D eigenvalue weighted by molar-refractivity contribution is 0.0600. The first-order chi connectivity index (χ1) is 10.0. The maximum Gasteiger partial charge on any atom is 0.337 e. The van der Waals surface area contributed by atoms with Crippen LogP contribution in [0.5, 0.6) is 0 Å². The van der Waals surface area contributed by atoms with Gasteiger partial charge in [-0.05, 0) is 43.5 Å². The van der Waals surface area contributed by atoms with E-state index in [1.807, 2.05) is 18.2 Å². The van der Waals surface area contributed by atoms with Crippen molar-refractivity contribution in [2.45, 2.75) is 45.2 Å². The lowest BCUT2D eigenvalue weighted by Gasteiger charge is -2.36. The van der Waals surface area contributed by atoms with E-state index in [9.17, 15) is 4.79 Å².